The largest absolute Gasteiger partial charge is 0.436 e. The van der Waals surface area contributed by atoms with Crippen LogP contribution in [0.15, 0.2) is 102 Å². The summed E-state index contributed by atoms with van der Waals surface area (Å²) < 4.78 is 6.05. The highest BCUT2D eigenvalue weighted by Crippen LogP contribution is 2.30. The lowest BCUT2D eigenvalue weighted by atomic mass is 10.1. The van der Waals surface area contributed by atoms with Crippen molar-refractivity contribution in [2.75, 3.05) is 10.6 Å². The van der Waals surface area contributed by atoms with Crippen LogP contribution in [0.4, 0.5) is 22.7 Å². The van der Waals surface area contributed by atoms with Gasteiger partial charge in [-0.15, -0.1) is 0 Å². The first kappa shape index (κ1) is 23.5. The number of anilines is 4. The van der Waals surface area contributed by atoms with Crippen molar-refractivity contribution >= 4 is 44.8 Å². The third-order valence-corrected chi connectivity index (χ3v) is 5.64. The van der Waals surface area contributed by atoms with Crippen molar-refractivity contribution < 1.29 is 4.42 Å². The number of nitrogens with one attached hydrogen (secondary N) is 2. The van der Waals surface area contributed by atoms with Crippen LogP contribution in [-0.4, -0.2) is 15.0 Å². The Balaban J connectivity index is 0.00000137. The highest BCUT2D eigenvalue weighted by atomic mass is 16.3. The molecule has 0 amide bonds. The molecule has 7 nitrogen and oxygen atoms in total. The molecule has 0 unspecified atom stereocenters. The molecule has 6 aromatic rings. The van der Waals surface area contributed by atoms with Gasteiger partial charge in [-0.1, -0.05) is 13.8 Å². The molecule has 37 heavy (non-hydrogen) atoms. The smallest absolute Gasteiger partial charge is 0.227 e. The van der Waals surface area contributed by atoms with Gasteiger partial charge in [0.05, 0.1) is 17.1 Å². The van der Waals surface area contributed by atoms with E-state index in [4.69, 9.17) is 4.42 Å². The van der Waals surface area contributed by atoms with Crippen LogP contribution in [0.1, 0.15) is 19.4 Å². The van der Waals surface area contributed by atoms with Crippen molar-refractivity contribution in [3.8, 4) is 17.5 Å². The standard InChI is InChI=1S/C28H18N6O.C2H6/c29-17-18-1-7-24-23(15-18)25(11-14-31-24)33-20-4-2-19(3-5-20)28-34-26-8-6-22(16-27(26)35-28)32-21-9-12-30-13-10-21;1-2/h1-16H,(H,30,32)(H,31,33);1-2H3. The molecule has 7 heteroatoms. The van der Waals surface area contributed by atoms with E-state index >= 15 is 0 Å². The third-order valence-electron chi connectivity index (χ3n) is 5.64. The minimum atomic E-state index is 0.556. The predicted molar refractivity (Wildman–Crippen MR) is 148 cm³/mol. The quantitative estimate of drug-likeness (QED) is 0.257. The summed E-state index contributed by atoms with van der Waals surface area (Å²) in [5.41, 5.74) is 7.45. The van der Waals surface area contributed by atoms with Crippen LogP contribution in [0.5, 0.6) is 0 Å². The van der Waals surface area contributed by atoms with Crippen molar-refractivity contribution in [3.63, 3.8) is 0 Å². The Hall–Kier alpha value is -5.22. The molecule has 0 radical (unpaired) electrons. The average Bonchev–Trinajstić information content (AvgIpc) is 3.38. The van der Waals surface area contributed by atoms with E-state index in [0.29, 0.717) is 17.0 Å². The molecular formula is C30H24N6O. The maximum absolute atomic E-state index is 9.24. The summed E-state index contributed by atoms with van der Waals surface area (Å²) in [6.45, 7) is 4.00. The van der Waals surface area contributed by atoms with Crippen LogP contribution < -0.4 is 10.6 Å². The summed E-state index contributed by atoms with van der Waals surface area (Å²) >= 11 is 0. The number of oxazole rings is 1. The van der Waals surface area contributed by atoms with Crippen molar-refractivity contribution in [2.45, 2.75) is 13.8 Å². The molecule has 180 valence electrons. The van der Waals surface area contributed by atoms with Gasteiger partial charge >= 0.3 is 0 Å². The van der Waals surface area contributed by atoms with E-state index < -0.39 is 0 Å². The van der Waals surface area contributed by atoms with Gasteiger partial charge in [0.1, 0.15) is 5.52 Å². The average molecular weight is 485 g/mol. The first-order valence-electron chi connectivity index (χ1n) is 12.0. The number of pyridine rings is 2. The van der Waals surface area contributed by atoms with Crippen LogP contribution in [0, 0.1) is 11.3 Å². The Kier molecular flexibility index (Phi) is 6.73. The molecule has 3 aromatic carbocycles. The van der Waals surface area contributed by atoms with Gasteiger partial charge in [-0.05, 0) is 72.8 Å². The van der Waals surface area contributed by atoms with Crippen LogP contribution >= 0.6 is 0 Å². The number of hydrogen-bond acceptors (Lipinski definition) is 7. The summed E-state index contributed by atoms with van der Waals surface area (Å²) in [6, 6.07) is 27.1. The van der Waals surface area contributed by atoms with E-state index in [1.165, 1.54) is 0 Å². The Morgan fingerprint density at radius 1 is 0.730 bits per heavy atom. The number of fused-ring (bicyclic) bond motifs is 2. The molecule has 0 bridgehead atoms. The van der Waals surface area contributed by atoms with Gasteiger partial charge in [0, 0.05) is 58.4 Å². The van der Waals surface area contributed by atoms with Crippen molar-refractivity contribution in [3.05, 3.63) is 103 Å². The first-order valence-corrected chi connectivity index (χ1v) is 12.0. The summed E-state index contributed by atoms with van der Waals surface area (Å²) in [6.07, 6.45) is 5.24. The monoisotopic (exact) mass is 484 g/mol. The zero-order valence-electron chi connectivity index (χ0n) is 20.4. The van der Waals surface area contributed by atoms with Crippen molar-refractivity contribution in [1.29, 1.82) is 5.26 Å². The van der Waals surface area contributed by atoms with E-state index in [-0.39, 0.29) is 0 Å². The summed E-state index contributed by atoms with van der Waals surface area (Å²) in [5.74, 6) is 0.556. The molecule has 0 aliphatic heterocycles. The van der Waals surface area contributed by atoms with Crippen LogP contribution in [0.2, 0.25) is 0 Å². The van der Waals surface area contributed by atoms with Gasteiger partial charge in [-0.2, -0.15) is 5.26 Å². The fraction of sp³-hybridized carbons (Fsp3) is 0.0667. The fourth-order valence-electron chi connectivity index (χ4n) is 3.90. The maximum Gasteiger partial charge on any atom is 0.227 e. The zero-order chi connectivity index (χ0) is 25.6. The molecule has 2 N–H and O–H groups in total. The molecule has 0 fully saturated rings. The van der Waals surface area contributed by atoms with Crippen molar-refractivity contribution in [1.82, 2.24) is 15.0 Å². The minimum Gasteiger partial charge on any atom is -0.436 e. The number of hydrogen-bond donors (Lipinski definition) is 2. The second kappa shape index (κ2) is 10.6. The van der Waals surface area contributed by atoms with Crippen LogP contribution in [0.25, 0.3) is 33.5 Å². The van der Waals surface area contributed by atoms with Gasteiger partial charge < -0.3 is 15.1 Å². The Labute approximate surface area is 214 Å². The minimum absolute atomic E-state index is 0.556. The van der Waals surface area contributed by atoms with E-state index in [2.05, 4.69) is 31.7 Å². The van der Waals surface area contributed by atoms with E-state index in [0.717, 1.165) is 44.7 Å². The molecule has 0 saturated carbocycles. The number of nitriles is 1. The molecule has 0 aliphatic carbocycles. The summed E-state index contributed by atoms with van der Waals surface area (Å²) in [5, 5.41) is 16.9. The molecule has 0 saturated heterocycles. The number of aromatic nitrogens is 3. The lowest BCUT2D eigenvalue weighted by Gasteiger charge is -2.10. The predicted octanol–water partition coefficient (Wildman–Crippen LogP) is 7.82. The normalized spacial score (nSPS) is 10.4. The summed E-state index contributed by atoms with van der Waals surface area (Å²) in [4.78, 5) is 13.1. The molecule has 0 atom stereocenters. The topological polar surface area (TPSA) is 99.7 Å². The number of rotatable bonds is 5. The van der Waals surface area contributed by atoms with E-state index in [1.54, 1.807) is 24.7 Å². The summed E-state index contributed by atoms with van der Waals surface area (Å²) in [7, 11) is 0. The molecule has 0 spiro atoms. The number of nitrogens with zero attached hydrogens (tertiary/aromatic N) is 4. The van der Waals surface area contributed by atoms with Gasteiger partial charge in [-0.3, -0.25) is 9.97 Å². The molecule has 3 aromatic heterocycles. The fourth-order valence-corrected chi connectivity index (χ4v) is 3.90. The number of benzene rings is 3. The Bertz CT molecular complexity index is 1700. The SMILES string of the molecule is CC.N#Cc1ccc2nccc(Nc3ccc(-c4nc5ccc(Nc6ccncc6)cc5o4)cc3)c2c1. The molecule has 6 rings (SSSR count). The van der Waals surface area contributed by atoms with Gasteiger partial charge in [0.2, 0.25) is 5.89 Å². The lowest BCUT2D eigenvalue weighted by molar-refractivity contribution is 0.620. The first-order chi connectivity index (χ1) is 18.2. The highest BCUT2D eigenvalue weighted by molar-refractivity contribution is 5.93. The van der Waals surface area contributed by atoms with Gasteiger partial charge in [0.25, 0.3) is 0 Å². The third kappa shape index (κ3) is 5.09. The molecule has 3 heterocycles. The Morgan fingerprint density at radius 3 is 2.24 bits per heavy atom. The van der Waals surface area contributed by atoms with Gasteiger partial charge in [0.15, 0.2) is 5.58 Å². The second-order valence-corrected chi connectivity index (χ2v) is 7.97. The molecule has 0 aliphatic rings. The second-order valence-electron chi connectivity index (χ2n) is 7.97. The molecular weight excluding hydrogens is 460 g/mol. The van der Waals surface area contributed by atoms with E-state index in [9.17, 15) is 5.26 Å². The van der Waals surface area contributed by atoms with E-state index in [1.807, 2.05) is 86.6 Å². The van der Waals surface area contributed by atoms with Gasteiger partial charge in [-0.25, -0.2) is 4.98 Å². The Morgan fingerprint density at radius 2 is 1.46 bits per heavy atom. The highest BCUT2D eigenvalue weighted by Gasteiger charge is 2.10. The maximum atomic E-state index is 9.24. The van der Waals surface area contributed by atoms with Crippen LogP contribution in [0.3, 0.4) is 0 Å². The van der Waals surface area contributed by atoms with Crippen molar-refractivity contribution in [2.24, 2.45) is 0 Å². The van der Waals surface area contributed by atoms with Crippen LogP contribution in [-0.2, 0) is 0 Å². The zero-order valence-corrected chi connectivity index (χ0v) is 20.4. The lowest BCUT2D eigenvalue weighted by Crippen LogP contribution is -1.93.